The molecule has 0 aromatic carbocycles. The average Bonchev–Trinajstić information content (AvgIpc) is 3.16. The molecule has 0 unspecified atom stereocenters. The maximum Gasteiger partial charge on any atom is 0.224 e. The SMILES string of the molecule is CCNC(=NCc1sccc1C)NCCC(=O)N1CCCC1.I. The number of thiophene rings is 1. The molecular weight excluding hydrogens is 423 g/mol. The molecule has 7 heteroatoms. The van der Waals surface area contributed by atoms with Crippen LogP contribution in [0.5, 0.6) is 0 Å². The summed E-state index contributed by atoms with van der Waals surface area (Å²) in [6, 6.07) is 2.12. The summed E-state index contributed by atoms with van der Waals surface area (Å²) < 4.78 is 0. The van der Waals surface area contributed by atoms with Crippen LogP contribution in [0.2, 0.25) is 0 Å². The number of aryl methyl sites for hydroxylation is 1. The van der Waals surface area contributed by atoms with Gasteiger partial charge in [-0.15, -0.1) is 35.3 Å². The highest BCUT2D eigenvalue weighted by Crippen LogP contribution is 2.16. The number of aliphatic imine (C=N–C) groups is 1. The fourth-order valence-electron chi connectivity index (χ4n) is 2.47. The van der Waals surface area contributed by atoms with Crippen molar-refractivity contribution in [2.24, 2.45) is 4.99 Å². The summed E-state index contributed by atoms with van der Waals surface area (Å²) in [5.74, 6) is 1.03. The van der Waals surface area contributed by atoms with Gasteiger partial charge >= 0.3 is 0 Å². The third-order valence-electron chi connectivity index (χ3n) is 3.78. The third kappa shape index (κ3) is 6.66. The molecule has 0 spiro atoms. The predicted molar refractivity (Wildman–Crippen MR) is 108 cm³/mol. The maximum absolute atomic E-state index is 12.0. The molecule has 1 amide bonds. The molecule has 0 saturated carbocycles. The van der Waals surface area contributed by atoms with Gasteiger partial charge in [0.1, 0.15) is 0 Å². The highest BCUT2D eigenvalue weighted by Gasteiger charge is 2.17. The Hall–Kier alpha value is -0.830. The fraction of sp³-hybridized carbons (Fsp3) is 0.625. The first-order valence-corrected chi connectivity index (χ1v) is 8.91. The van der Waals surface area contributed by atoms with E-state index in [0.29, 0.717) is 19.5 Å². The highest BCUT2D eigenvalue weighted by atomic mass is 127. The fourth-order valence-corrected chi connectivity index (χ4v) is 3.30. The van der Waals surface area contributed by atoms with Gasteiger partial charge in [0, 0.05) is 37.5 Å². The van der Waals surface area contributed by atoms with Crippen LogP contribution in [0.15, 0.2) is 16.4 Å². The molecule has 0 atom stereocenters. The number of guanidine groups is 1. The van der Waals surface area contributed by atoms with Crippen LogP contribution in [0.4, 0.5) is 0 Å². The van der Waals surface area contributed by atoms with E-state index in [4.69, 9.17) is 0 Å². The Bertz CT molecular complexity index is 512. The summed E-state index contributed by atoms with van der Waals surface area (Å²) in [6.07, 6.45) is 2.81. The molecule has 2 heterocycles. The molecule has 2 N–H and O–H groups in total. The Morgan fingerprint density at radius 2 is 2.09 bits per heavy atom. The van der Waals surface area contributed by atoms with E-state index in [0.717, 1.165) is 38.4 Å². The molecule has 1 saturated heterocycles. The van der Waals surface area contributed by atoms with Gasteiger partial charge in [-0.1, -0.05) is 0 Å². The Morgan fingerprint density at radius 1 is 1.35 bits per heavy atom. The standard InChI is InChI=1S/C16H26N4OS.HI/c1-3-17-16(19-12-14-13(2)7-11-22-14)18-8-6-15(21)20-9-4-5-10-20;/h7,11H,3-6,8-10,12H2,1-2H3,(H2,17,18,19);1H. The first kappa shape index (κ1) is 20.2. The third-order valence-corrected chi connectivity index (χ3v) is 4.79. The van der Waals surface area contributed by atoms with Gasteiger partial charge in [-0.05, 0) is 43.7 Å². The molecule has 0 bridgehead atoms. The quantitative estimate of drug-likeness (QED) is 0.398. The number of likely N-dealkylation sites (tertiary alicyclic amines) is 1. The molecular formula is C16H27IN4OS. The van der Waals surface area contributed by atoms with Gasteiger partial charge in [0.05, 0.1) is 6.54 Å². The molecule has 5 nitrogen and oxygen atoms in total. The maximum atomic E-state index is 12.0. The van der Waals surface area contributed by atoms with E-state index in [1.807, 2.05) is 11.8 Å². The molecule has 2 rings (SSSR count). The van der Waals surface area contributed by atoms with Crippen molar-refractivity contribution in [3.63, 3.8) is 0 Å². The number of carbonyl (C=O) groups excluding carboxylic acids is 1. The van der Waals surface area contributed by atoms with Crippen LogP contribution in [0.25, 0.3) is 0 Å². The normalized spacial score (nSPS) is 14.5. The number of hydrogen-bond donors (Lipinski definition) is 2. The van der Waals surface area contributed by atoms with Gasteiger partial charge in [-0.25, -0.2) is 4.99 Å². The lowest BCUT2D eigenvalue weighted by Crippen LogP contribution is -2.39. The van der Waals surface area contributed by atoms with Crippen molar-refractivity contribution in [3.05, 3.63) is 21.9 Å². The van der Waals surface area contributed by atoms with Gasteiger partial charge in [0.15, 0.2) is 5.96 Å². The largest absolute Gasteiger partial charge is 0.357 e. The first-order valence-electron chi connectivity index (χ1n) is 8.03. The van der Waals surface area contributed by atoms with Crippen molar-refractivity contribution in [2.45, 2.75) is 39.7 Å². The second-order valence-electron chi connectivity index (χ2n) is 5.49. The van der Waals surface area contributed by atoms with Crippen molar-refractivity contribution >= 4 is 47.2 Å². The number of carbonyl (C=O) groups is 1. The van der Waals surface area contributed by atoms with Crippen molar-refractivity contribution in [1.82, 2.24) is 15.5 Å². The summed E-state index contributed by atoms with van der Waals surface area (Å²) in [5.41, 5.74) is 1.29. The Kier molecular flexibility index (Phi) is 9.54. The average molecular weight is 450 g/mol. The van der Waals surface area contributed by atoms with E-state index >= 15 is 0 Å². The van der Waals surface area contributed by atoms with Crippen LogP contribution >= 0.6 is 35.3 Å². The van der Waals surface area contributed by atoms with Gasteiger partial charge in [0.25, 0.3) is 0 Å². The summed E-state index contributed by atoms with van der Waals surface area (Å²) in [4.78, 5) is 19.8. The molecule has 130 valence electrons. The van der Waals surface area contributed by atoms with Gasteiger partial charge in [-0.3, -0.25) is 4.79 Å². The zero-order valence-electron chi connectivity index (χ0n) is 13.9. The highest BCUT2D eigenvalue weighted by molar-refractivity contribution is 14.0. The molecule has 1 aromatic heterocycles. The number of nitrogens with one attached hydrogen (secondary N) is 2. The lowest BCUT2D eigenvalue weighted by molar-refractivity contribution is -0.129. The lowest BCUT2D eigenvalue weighted by atomic mass is 10.3. The Morgan fingerprint density at radius 3 is 2.70 bits per heavy atom. The van der Waals surface area contributed by atoms with Crippen LogP contribution in [0.1, 0.15) is 36.6 Å². The van der Waals surface area contributed by atoms with Crippen molar-refractivity contribution in [1.29, 1.82) is 0 Å². The van der Waals surface area contributed by atoms with Crippen molar-refractivity contribution in [3.8, 4) is 0 Å². The van der Waals surface area contributed by atoms with Crippen LogP contribution in [0.3, 0.4) is 0 Å². The van der Waals surface area contributed by atoms with Crippen LogP contribution in [-0.2, 0) is 11.3 Å². The van der Waals surface area contributed by atoms with E-state index in [-0.39, 0.29) is 29.9 Å². The van der Waals surface area contributed by atoms with Crippen LogP contribution in [0, 0.1) is 6.92 Å². The number of hydrogen-bond acceptors (Lipinski definition) is 3. The number of amides is 1. The Balaban J connectivity index is 0.00000264. The van der Waals surface area contributed by atoms with Crippen LogP contribution in [-0.4, -0.2) is 42.9 Å². The molecule has 1 aliphatic rings. The molecule has 1 aromatic rings. The topological polar surface area (TPSA) is 56.7 Å². The molecule has 0 radical (unpaired) electrons. The van der Waals surface area contributed by atoms with Crippen molar-refractivity contribution in [2.75, 3.05) is 26.2 Å². The van der Waals surface area contributed by atoms with Gasteiger partial charge < -0.3 is 15.5 Å². The van der Waals surface area contributed by atoms with Gasteiger partial charge in [-0.2, -0.15) is 0 Å². The van der Waals surface area contributed by atoms with Gasteiger partial charge in [0.2, 0.25) is 5.91 Å². The number of nitrogens with zero attached hydrogens (tertiary/aromatic N) is 2. The summed E-state index contributed by atoms with van der Waals surface area (Å²) in [5, 5.41) is 8.57. The number of rotatable bonds is 6. The van der Waals surface area contributed by atoms with E-state index in [2.05, 4.69) is 34.0 Å². The minimum absolute atomic E-state index is 0. The summed E-state index contributed by atoms with van der Waals surface area (Å²) in [7, 11) is 0. The predicted octanol–water partition coefficient (Wildman–Crippen LogP) is 2.74. The second-order valence-corrected chi connectivity index (χ2v) is 6.49. The smallest absolute Gasteiger partial charge is 0.224 e. The van der Waals surface area contributed by atoms with Crippen LogP contribution < -0.4 is 10.6 Å². The van der Waals surface area contributed by atoms with E-state index in [9.17, 15) is 4.79 Å². The molecule has 1 aliphatic heterocycles. The number of halogens is 1. The monoisotopic (exact) mass is 450 g/mol. The zero-order valence-corrected chi connectivity index (χ0v) is 17.1. The molecule has 1 fully saturated rings. The Labute approximate surface area is 160 Å². The van der Waals surface area contributed by atoms with Crippen molar-refractivity contribution < 1.29 is 4.79 Å². The molecule has 0 aliphatic carbocycles. The molecule has 23 heavy (non-hydrogen) atoms. The first-order chi connectivity index (χ1) is 10.7. The van der Waals surface area contributed by atoms with E-state index in [1.165, 1.54) is 10.4 Å². The minimum Gasteiger partial charge on any atom is -0.357 e. The summed E-state index contributed by atoms with van der Waals surface area (Å²) >= 11 is 1.73. The summed E-state index contributed by atoms with van der Waals surface area (Å²) in [6.45, 7) is 8.12. The second kappa shape index (κ2) is 10.9. The van der Waals surface area contributed by atoms with E-state index < -0.39 is 0 Å². The minimum atomic E-state index is 0. The lowest BCUT2D eigenvalue weighted by Gasteiger charge is -2.16. The van der Waals surface area contributed by atoms with E-state index in [1.54, 1.807) is 11.3 Å². The zero-order chi connectivity index (χ0) is 15.8.